The number of thiol groups is 1. The number of carbonyl (C=O) groups is 2. The minimum absolute atomic E-state index is 0.176. The molecule has 1 saturated heterocycles. The zero-order valence-electron chi connectivity index (χ0n) is 17.4. The second kappa shape index (κ2) is 9.36. The molecule has 2 unspecified atom stereocenters. The second-order valence-electron chi connectivity index (χ2n) is 7.44. The molecule has 0 bridgehead atoms. The molecule has 1 fully saturated rings. The number of H-pyrrole nitrogens is 1. The van der Waals surface area contributed by atoms with E-state index < -0.39 is 34.0 Å². The highest BCUT2D eigenvalue weighted by atomic mass is 32.2. The fourth-order valence-electron chi connectivity index (χ4n) is 3.60. The van der Waals surface area contributed by atoms with Gasteiger partial charge in [-0.1, -0.05) is 29.5 Å². The first-order valence-corrected chi connectivity index (χ1v) is 11.2. The lowest BCUT2D eigenvalue weighted by atomic mass is 10.0. The molecule has 33 heavy (non-hydrogen) atoms. The van der Waals surface area contributed by atoms with Crippen molar-refractivity contribution < 1.29 is 27.1 Å². The number of cyclic esters (lactones) is 1. The zero-order chi connectivity index (χ0) is 23.5. The summed E-state index contributed by atoms with van der Waals surface area (Å²) in [5.74, 6) is -0.789. The summed E-state index contributed by atoms with van der Waals surface area (Å²) in [6.45, 7) is 1.73. The van der Waals surface area contributed by atoms with E-state index in [0.717, 1.165) is 0 Å². The van der Waals surface area contributed by atoms with E-state index in [0.29, 0.717) is 28.1 Å². The molecule has 2 heterocycles. The van der Waals surface area contributed by atoms with Gasteiger partial charge >= 0.3 is 6.09 Å². The standard InChI is InChI=1S/C21H20FN5O5S/c1-12(28)23-9-16-11-27(21(29)32-16)15-6-7-17(18(22)8-15)13-2-4-14(5-3-13)20(33(30)31)19-10-24-26-25-19/h2-8,10,16,20,33H,9,11H2,1H3,(H,23,28)(H,24,25,26). The SMILES string of the molecule is CC(=O)NCC1CN(c2ccc(-c3ccc(C(c4cnn[nH]4)[SH](=O)=O)cc3)c(F)c2)C(=O)O1. The third-order valence-corrected chi connectivity index (χ3v) is 6.19. The Hall–Kier alpha value is -3.80. The van der Waals surface area contributed by atoms with Gasteiger partial charge in [-0.3, -0.25) is 14.8 Å². The molecule has 3 aromatic rings. The highest BCUT2D eigenvalue weighted by Crippen LogP contribution is 2.31. The van der Waals surface area contributed by atoms with Crippen molar-refractivity contribution in [3.63, 3.8) is 0 Å². The van der Waals surface area contributed by atoms with Crippen molar-refractivity contribution in [2.45, 2.75) is 18.3 Å². The third kappa shape index (κ3) is 4.85. The van der Waals surface area contributed by atoms with Gasteiger partial charge in [-0.15, -0.1) is 5.10 Å². The van der Waals surface area contributed by atoms with Crippen molar-refractivity contribution in [3.05, 3.63) is 65.7 Å². The largest absolute Gasteiger partial charge is 0.442 e. The Labute approximate surface area is 189 Å². The Morgan fingerprint density at radius 3 is 2.67 bits per heavy atom. The van der Waals surface area contributed by atoms with Gasteiger partial charge in [0.05, 0.1) is 30.7 Å². The maximum atomic E-state index is 14.9. The third-order valence-electron chi connectivity index (χ3n) is 5.19. The Bertz CT molecular complexity index is 1240. The molecule has 2 atom stereocenters. The van der Waals surface area contributed by atoms with Gasteiger partial charge in [0.2, 0.25) is 5.91 Å². The number of ether oxygens (including phenoxy) is 1. The van der Waals surface area contributed by atoms with Gasteiger partial charge in [0, 0.05) is 12.5 Å². The van der Waals surface area contributed by atoms with Crippen LogP contribution in [0.4, 0.5) is 14.9 Å². The summed E-state index contributed by atoms with van der Waals surface area (Å²) < 4.78 is 43.6. The van der Waals surface area contributed by atoms with Crippen LogP contribution in [-0.4, -0.2) is 55.0 Å². The van der Waals surface area contributed by atoms with Gasteiger partial charge in [0.1, 0.15) is 17.2 Å². The van der Waals surface area contributed by atoms with Crippen LogP contribution in [0.2, 0.25) is 0 Å². The van der Waals surface area contributed by atoms with Gasteiger partial charge in [-0.25, -0.2) is 17.6 Å². The molecule has 2 amide bonds. The van der Waals surface area contributed by atoms with E-state index in [1.165, 1.54) is 24.1 Å². The lowest BCUT2D eigenvalue weighted by molar-refractivity contribution is -0.119. The maximum Gasteiger partial charge on any atom is 0.414 e. The molecule has 172 valence electrons. The predicted molar refractivity (Wildman–Crippen MR) is 117 cm³/mol. The number of anilines is 1. The van der Waals surface area contributed by atoms with Crippen molar-refractivity contribution in [1.29, 1.82) is 0 Å². The Kier molecular flexibility index (Phi) is 6.36. The number of nitrogens with zero attached hydrogens (tertiary/aromatic N) is 3. The second-order valence-corrected chi connectivity index (χ2v) is 8.53. The summed E-state index contributed by atoms with van der Waals surface area (Å²) in [6, 6.07) is 10.8. The van der Waals surface area contributed by atoms with Crippen molar-refractivity contribution in [2.24, 2.45) is 0 Å². The lowest BCUT2D eigenvalue weighted by Crippen LogP contribution is -2.33. The van der Waals surface area contributed by atoms with E-state index in [9.17, 15) is 22.4 Å². The number of benzene rings is 2. The number of rotatable bonds is 7. The van der Waals surface area contributed by atoms with Gasteiger partial charge in [0.15, 0.2) is 10.7 Å². The average Bonchev–Trinajstić information content (AvgIpc) is 3.43. The summed E-state index contributed by atoms with van der Waals surface area (Å²) in [5, 5.41) is 11.4. The predicted octanol–water partition coefficient (Wildman–Crippen LogP) is 1.77. The molecular weight excluding hydrogens is 453 g/mol. The fraction of sp³-hybridized carbons (Fsp3) is 0.238. The van der Waals surface area contributed by atoms with Crippen molar-refractivity contribution in [1.82, 2.24) is 20.7 Å². The van der Waals surface area contributed by atoms with Gasteiger partial charge in [-0.05, 0) is 29.3 Å². The summed E-state index contributed by atoms with van der Waals surface area (Å²) in [4.78, 5) is 24.5. The van der Waals surface area contributed by atoms with Crippen LogP contribution in [0.1, 0.15) is 23.4 Å². The molecule has 0 spiro atoms. The first kappa shape index (κ1) is 22.4. The number of amides is 2. The first-order chi connectivity index (χ1) is 15.8. The molecular formula is C21H20FN5O5S. The van der Waals surface area contributed by atoms with Crippen LogP contribution < -0.4 is 10.2 Å². The highest BCUT2D eigenvalue weighted by Gasteiger charge is 2.32. The molecule has 1 aromatic heterocycles. The number of aromatic amines is 1. The minimum Gasteiger partial charge on any atom is -0.442 e. The maximum absolute atomic E-state index is 14.9. The van der Waals surface area contributed by atoms with Crippen LogP contribution in [0.25, 0.3) is 11.1 Å². The molecule has 1 aliphatic heterocycles. The van der Waals surface area contributed by atoms with E-state index in [1.807, 2.05) is 0 Å². The minimum atomic E-state index is -2.84. The van der Waals surface area contributed by atoms with E-state index in [-0.39, 0.29) is 19.0 Å². The number of hydrogen-bond donors (Lipinski definition) is 3. The van der Waals surface area contributed by atoms with Gasteiger partial charge in [0.25, 0.3) is 0 Å². The van der Waals surface area contributed by atoms with Gasteiger partial charge in [-0.2, -0.15) is 0 Å². The fourth-order valence-corrected chi connectivity index (χ4v) is 4.37. The van der Waals surface area contributed by atoms with Crippen LogP contribution in [0, 0.1) is 5.82 Å². The first-order valence-electron chi connectivity index (χ1n) is 9.95. The van der Waals surface area contributed by atoms with Crippen molar-refractivity contribution >= 4 is 28.4 Å². The van der Waals surface area contributed by atoms with E-state index in [2.05, 4.69) is 20.7 Å². The van der Waals surface area contributed by atoms with Crippen LogP contribution in [0.15, 0.2) is 48.7 Å². The summed E-state index contributed by atoms with van der Waals surface area (Å²) in [6.07, 6.45) is 0.196. The Morgan fingerprint density at radius 1 is 1.30 bits per heavy atom. The topological polar surface area (TPSA) is 134 Å². The quantitative estimate of drug-likeness (QED) is 0.445. The Balaban J connectivity index is 1.53. The Morgan fingerprint density at radius 2 is 2.06 bits per heavy atom. The summed E-state index contributed by atoms with van der Waals surface area (Å²) >= 11 is 0. The molecule has 1 aliphatic rings. The molecule has 2 N–H and O–H groups in total. The molecule has 12 heteroatoms. The van der Waals surface area contributed by atoms with E-state index in [4.69, 9.17) is 4.74 Å². The molecule has 0 aliphatic carbocycles. The van der Waals surface area contributed by atoms with Crippen LogP contribution >= 0.6 is 0 Å². The molecule has 2 aromatic carbocycles. The summed E-state index contributed by atoms with van der Waals surface area (Å²) in [7, 11) is -2.84. The van der Waals surface area contributed by atoms with E-state index >= 15 is 0 Å². The molecule has 0 saturated carbocycles. The number of aromatic nitrogens is 3. The van der Waals surface area contributed by atoms with Crippen LogP contribution in [-0.2, 0) is 20.2 Å². The molecule has 10 nitrogen and oxygen atoms in total. The number of carbonyl (C=O) groups excluding carboxylic acids is 2. The number of hydrogen-bond acceptors (Lipinski definition) is 7. The highest BCUT2D eigenvalue weighted by molar-refractivity contribution is 7.73. The van der Waals surface area contributed by atoms with Crippen LogP contribution in [0.3, 0.4) is 0 Å². The normalized spacial score (nSPS) is 16.6. The number of nitrogens with one attached hydrogen (secondary N) is 2. The average molecular weight is 473 g/mol. The monoisotopic (exact) mass is 473 g/mol. The molecule has 0 radical (unpaired) electrons. The zero-order valence-corrected chi connectivity index (χ0v) is 18.3. The van der Waals surface area contributed by atoms with Crippen molar-refractivity contribution in [3.8, 4) is 11.1 Å². The lowest BCUT2D eigenvalue weighted by Gasteiger charge is -2.15. The smallest absolute Gasteiger partial charge is 0.414 e. The van der Waals surface area contributed by atoms with Gasteiger partial charge < -0.3 is 10.1 Å². The summed E-state index contributed by atoms with van der Waals surface area (Å²) in [5.41, 5.74) is 1.99. The molecule has 4 rings (SSSR count). The van der Waals surface area contributed by atoms with Crippen LogP contribution in [0.5, 0.6) is 0 Å². The van der Waals surface area contributed by atoms with E-state index in [1.54, 1.807) is 36.4 Å². The van der Waals surface area contributed by atoms with Crippen molar-refractivity contribution in [2.75, 3.05) is 18.0 Å². The number of halogens is 1.